The lowest BCUT2D eigenvalue weighted by Gasteiger charge is -2.21. The molecule has 0 saturated heterocycles. The van der Waals surface area contributed by atoms with Crippen molar-refractivity contribution >= 4 is 11.9 Å². The Bertz CT molecular complexity index is 1520. The first-order valence-corrected chi connectivity index (χ1v) is 14.2. The number of nitrogens with zero attached hydrogens (tertiary/aromatic N) is 2. The quantitative estimate of drug-likeness (QED) is 0.153. The molecule has 9 heteroatoms. The van der Waals surface area contributed by atoms with Crippen LogP contribution in [0.15, 0.2) is 84.9 Å². The summed E-state index contributed by atoms with van der Waals surface area (Å²) in [5, 5.41) is 30.0. The van der Waals surface area contributed by atoms with E-state index in [2.05, 4.69) is 0 Å². The number of carboxylic acids is 1. The molecule has 2 atom stereocenters. The summed E-state index contributed by atoms with van der Waals surface area (Å²) < 4.78 is 31.6. The Morgan fingerprint density at radius 1 is 0.837 bits per heavy atom. The topological polar surface area (TPSA) is 103 Å². The van der Waals surface area contributed by atoms with Crippen molar-refractivity contribution in [3.05, 3.63) is 108 Å². The summed E-state index contributed by atoms with van der Waals surface area (Å²) in [6.07, 6.45) is -2.56. The maximum atomic E-state index is 15.8. The van der Waals surface area contributed by atoms with Crippen LogP contribution >= 0.6 is 0 Å². The van der Waals surface area contributed by atoms with Gasteiger partial charge >= 0.3 is 5.97 Å². The van der Waals surface area contributed by atoms with Gasteiger partial charge in [-0.2, -0.15) is 5.12 Å². The number of aliphatic hydroxyl groups is 2. The molecular weight excluding hydrogens is 554 g/mol. The zero-order chi connectivity index (χ0) is 31.1. The van der Waals surface area contributed by atoms with Crippen molar-refractivity contribution in [2.75, 3.05) is 0 Å². The number of halogens is 2. The number of carbonyl (C=O) groups excluding carboxylic acids is 1. The van der Waals surface area contributed by atoms with Gasteiger partial charge in [0.15, 0.2) is 0 Å². The van der Waals surface area contributed by atoms with Crippen LogP contribution < -0.4 is 0 Å². The molecule has 0 fully saturated rings. The Hall–Kier alpha value is -4.34. The molecule has 1 aromatic heterocycles. The van der Waals surface area contributed by atoms with Crippen LogP contribution in [0.2, 0.25) is 0 Å². The molecule has 7 nitrogen and oxygen atoms in total. The van der Waals surface area contributed by atoms with Crippen LogP contribution in [0.5, 0.6) is 0 Å². The van der Waals surface area contributed by atoms with E-state index >= 15 is 4.48 Å². The van der Waals surface area contributed by atoms with Crippen LogP contribution in [0.4, 0.5) is 8.87 Å². The van der Waals surface area contributed by atoms with Gasteiger partial charge in [-0.25, -0.2) is 4.39 Å². The van der Waals surface area contributed by atoms with E-state index in [-0.39, 0.29) is 42.7 Å². The predicted molar refractivity (Wildman–Crippen MR) is 160 cm³/mol. The molecule has 0 aliphatic rings. The molecule has 4 rings (SSSR count). The standard InChI is InChI=1S/C34H36F2N2O5/c1-22(2)38-29(18-17-27(39)19-28(40)20-30(41)42)31(25-13-15-26(35)16-14-25)32(24-11-7-4-8-12-24)33(38)34(43)37(36)21-23-9-5-3-6-10-23/h3-16,22,27-28,39-40H,17-21H2,1-2H3,(H,41,42). The van der Waals surface area contributed by atoms with Crippen LogP contribution in [-0.2, 0) is 17.8 Å². The minimum absolute atomic E-state index is 0.120. The van der Waals surface area contributed by atoms with Crippen molar-refractivity contribution in [2.45, 2.75) is 64.3 Å². The summed E-state index contributed by atoms with van der Waals surface area (Å²) in [5.41, 5.74) is 3.72. The number of aliphatic hydroxyl groups excluding tert-OH is 2. The number of amides is 1. The summed E-state index contributed by atoms with van der Waals surface area (Å²) in [4.78, 5) is 25.0. The van der Waals surface area contributed by atoms with E-state index in [9.17, 15) is 24.2 Å². The lowest BCUT2D eigenvalue weighted by molar-refractivity contribution is -0.139. The SMILES string of the molecule is CC(C)n1c(CCC(O)CC(O)CC(=O)O)c(-c2ccc(F)cc2)c(-c2ccccc2)c1C(=O)N(F)Cc1ccccc1. The van der Waals surface area contributed by atoms with Gasteiger partial charge in [0.05, 0.1) is 25.2 Å². The fourth-order valence-corrected chi connectivity index (χ4v) is 5.43. The number of rotatable bonds is 13. The van der Waals surface area contributed by atoms with E-state index in [1.165, 1.54) is 12.1 Å². The summed E-state index contributed by atoms with van der Waals surface area (Å²) >= 11 is 0. The lowest BCUT2D eigenvalue weighted by Crippen LogP contribution is -2.27. The molecule has 0 bridgehead atoms. The van der Waals surface area contributed by atoms with Gasteiger partial charge in [-0.15, -0.1) is 0 Å². The van der Waals surface area contributed by atoms with Crippen molar-refractivity contribution in [1.29, 1.82) is 0 Å². The molecule has 1 heterocycles. The number of aromatic nitrogens is 1. The number of benzene rings is 3. The van der Waals surface area contributed by atoms with Gasteiger partial charge in [0.1, 0.15) is 11.5 Å². The molecule has 3 aromatic carbocycles. The molecule has 3 N–H and O–H groups in total. The summed E-state index contributed by atoms with van der Waals surface area (Å²) in [6, 6.07) is 23.4. The molecule has 0 saturated carbocycles. The third-order valence-corrected chi connectivity index (χ3v) is 7.27. The second-order valence-electron chi connectivity index (χ2n) is 10.9. The highest BCUT2D eigenvalue weighted by molar-refractivity contribution is 6.04. The molecule has 43 heavy (non-hydrogen) atoms. The zero-order valence-corrected chi connectivity index (χ0v) is 24.2. The number of carbonyl (C=O) groups is 2. The molecule has 2 unspecified atom stereocenters. The first-order chi connectivity index (χ1) is 20.6. The minimum atomic E-state index is -1.23. The second kappa shape index (κ2) is 14.2. The van der Waals surface area contributed by atoms with E-state index in [1.807, 2.05) is 50.2 Å². The number of hydrogen-bond acceptors (Lipinski definition) is 4. The van der Waals surface area contributed by atoms with Gasteiger partial charge in [0, 0.05) is 22.9 Å². The zero-order valence-electron chi connectivity index (χ0n) is 24.2. The van der Waals surface area contributed by atoms with E-state index in [1.54, 1.807) is 41.0 Å². The summed E-state index contributed by atoms with van der Waals surface area (Å²) in [7, 11) is 0. The highest BCUT2D eigenvalue weighted by Crippen LogP contribution is 2.43. The first-order valence-electron chi connectivity index (χ1n) is 14.2. The number of carboxylic acid groups (broad SMARTS) is 1. The van der Waals surface area contributed by atoms with Gasteiger partial charge in [-0.05, 0) is 61.9 Å². The van der Waals surface area contributed by atoms with E-state index in [4.69, 9.17) is 5.11 Å². The monoisotopic (exact) mass is 590 g/mol. The summed E-state index contributed by atoms with van der Waals surface area (Å²) in [5.74, 6) is -2.45. The van der Waals surface area contributed by atoms with Crippen molar-refractivity contribution in [3.63, 3.8) is 0 Å². The fourth-order valence-electron chi connectivity index (χ4n) is 5.43. The smallest absolute Gasteiger partial charge is 0.305 e. The maximum absolute atomic E-state index is 15.8. The van der Waals surface area contributed by atoms with Crippen molar-refractivity contribution in [3.8, 4) is 22.3 Å². The molecule has 1 amide bonds. The van der Waals surface area contributed by atoms with Crippen LogP contribution in [-0.4, -0.2) is 49.1 Å². The van der Waals surface area contributed by atoms with E-state index in [0.29, 0.717) is 33.5 Å². The highest BCUT2D eigenvalue weighted by atomic mass is 19.2. The largest absolute Gasteiger partial charge is 0.481 e. The van der Waals surface area contributed by atoms with Gasteiger partial charge in [-0.3, -0.25) is 9.59 Å². The average molecular weight is 591 g/mol. The van der Waals surface area contributed by atoms with Crippen molar-refractivity contribution in [2.24, 2.45) is 0 Å². The molecule has 0 spiro atoms. The summed E-state index contributed by atoms with van der Waals surface area (Å²) in [6.45, 7) is 3.48. The molecule has 226 valence electrons. The Labute approximate surface area is 249 Å². The second-order valence-corrected chi connectivity index (χ2v) is 10.9. The lowest BCUT2D eigenvalue weighted by atomic mass is 9.92. The molecule has 0 aliphatic carbocycles. The molecular formula is C34H36F2N2O5. The number of hydrogen-bond donors (Lipinski definition) is 3. The Balaban J connectivity index is 1.89. The third kappa shape index (κ3) is 7.74. The van der Waals surface area contributed by atoms with Gasteiger partial charge in [-0.1, -0.05) is 77.3 Å². The Morgan fingerprint density at radius 2 is 1.42 bits per heavy atom. The van der Waals surface area contributed by atoms with Crippen LogP contribution in [0.1, 0.15) is 60.9 Å². The maximum Gasteiger partial charge on any atom is 0.305 e. The fraction of sp³-hybridized carbons (Fsp3) is 0.294. The van der Waals surface area contributed by atoms with Gasteiger partial charge < -0.3 is 19.9 Å². The van der Waals surface area contributed by atoms with Crippen LogP contribution in [0.25, 0.3) is 22.3 Å². The average Bonchev–Trinajstić information content (AvgIpc) is 3.32. The predicted octanol–water partition coefficient (Wildman–Crippen LogP) is 6.59. The van der Waals surface area contributed by atoms with Crippen LogP contribution in [0, 0.1) is 5.82 Å². The van der Waals surface area contributed by atoms with Crippen molar-refractivity contribution < 1.29 is 33.8 Å². The molecule has 0 radical (unpaired) electrons. The van der Waals surface area contributed by atoms with Crippen LogP contribution in [0.3, 0.4) is 0 Å². The Morgan fingerprint density at radius 3 is 2.00 bits per heavy atom. The normalized spacial score (nSPS) is 12.7. The molecule has 4 aromatic rings. The van der Waals surface area contributed by atoms with E-state index < -0.39 is 36.3 Å². The Kier molecular flexibility index (Phi) is 10.4. The van der Waals surface area contributed by atoms with Gasteiger partial charge in [0.2, 0.25) is 0 Å². The van der Waals surface area contributed by atoms with Gasteiger partial charge in [0.25, 0.3) is 5.91 Å². The first kappa shape index (κ1) is 31.6. The van der Waals surface area contributed by atoms with Crippen molar-refractivity contribution in [1.82, 2.24) is 9.69 Å². The highest BCUT2D eigenvalue weighted by Gasteiger charge is 2.33. The van der Waals surface area contributed by atoms with E-state index in [0.717, 1.165) is 0 Å². The molecule has 0 aliphatic heterocycles. The minimum Gasteiger partial charge on any atom is -0.481 e. The number of aliphatic carboxylic acids is 1. The third-order valence-electron chi connectivity index (χ3n) is 7.27.